The number of hydrogen-bond donors (Lipinski definition) is 2. The number of carbonyl (C=O) groups excluding carboxylic acids is 2. The number of nitrogens with zero attached hydrogens (tertiary/aromatic N) is 1. The molecule has 1 atom stereocenters. The SMILES string of the molecule is CCOCCOC(=O)C1=C(C)NC(=O)N[C@@H]1c1ccc(N(CC)CC)cc1. The molecule has 0 unspecified atom stereocenters. The zero-order valence-corrected chi connectivity index (χ0v) is 16.5. The predicted molar refractivity (Wildman–Crippen MR) is 105 cm³/mol. The van der Waals surface area contributed by atoms with Crippen molar-refractivity contribution < 1.29 is 19.1 Å². The smallest absolute Gasteiger partial charge is 0.338 e. The number of ether oxygens (including phenoxy) is 2. The van der Waals surface area contributed by atoms with Gasteiger partial charge < -0.3 is 25.0 Å². The Bertz CT molecular complexity index is 681. The van der Waals surface area contributed by atoms with E-state index in [1.807, 2.05) is 31.2 Å². The van der Waals surface area contributed by atoms with E-state index >= 15 is 0 Å². The van der Waals surface area contributed by atoms with Gasteiger partial charge in [-0.25, -0.2) is 9.59 Å². The van der Waals surface area contributed by atoms with Crippen molar-refractivity contribution in [3.05, 3.63) is 41.1 Å². The second-order valence-electron chi connectivity index (χ2n) is 6.17. The van der Waals surface area contributed by atoms with Crippen LogP contribution in [0.15, 0.2) is 35.5 Å². The molecule has 1 aromatic rings. The molecule has 2 rings (SSSR count). The summed E-state index contributed by atoms with van der Waals surface area (Å²) < 4.78 is 10.5. The minimum absolute atomic E-state index is 0.172. The zero-order chi connectivity index (χ0) is 19.8. The third-order valence-corrected chi connectivity index (χ3v) is 4.51. The van der Waals surface area contributed by atoms with Crippen LogP contribution in [0.3, 0.4) is 0 Å². The van der Waals surface area contributed by atoms with E-state index in [0.29, 0.717) is 24.5 Å². The van der Waals surface area contributed by atoms with E-state index in [-0.39, 0.29) is 12.6 Å². The maximum absolute atomic E-state index is 12.6. The van der Waals surface area contributed by atoms with Gasteiger partial charge in [0.1, 0.15) is 6.61 Å². The van der Waals surface area contributed by atoms with Gasteiger partial charge in [0.05, 0.1) is 18.2 Å². The Morgan fingerprint density at radius 1 is 1.11 bits per heavy atom. The van der Waals surface area contributed by atoms with Gasteiger partial charge in [0.2, 0.25) is 0 Å². The molecule has 7 heteroatoms. The van der Waals surface area contributed by atoms with Crippen LogP contribution in [0, 0.1) is 0 Å². The standard InChI is InChI=1S/C20H29N3O4/c1-5-23(6-2)16-10-8-15(9-11-16)18-17(14(4)21-20(25)22-18)19(24)27-13-12-26-7-3/h8-11,18H,5-7,12-13H2,1-4H3,(H2,21,22,25)/t18-/m1/s1. The molecule has 0 saturated heterocycles. The first-order chi connectivity index (χ1) is 13.0. The maximum Gasteiger partial charge on any atom is 0.338 e. The molecule has 1 aromatic carbocycles. The fourth-order valence-corrected chi connectivity index (χ4v) is 3.10. The molecule has 27 heavy (non-hydrogen) atoms. The van der Waals surface area contributed by atoms with Gasteiger partial charge in [-0.05, 0) is 45.4 Å². The Balaban J connectivity index is 2.22. The first-order valence-electron chi connectivity index (χ1n) is 9.39. The van der Waals surface area contributed by atoms with Gasteiger partial charge in [0.25, 0.3) is 0 Å². The Labute approximate surface area is 160 Å². The number of nitrogens with one attached hydrogen (secondary N) is 2. The summed E-state index contributed by atoms with van der Waals surface area (Å²) in [6.45, 7) is 10.7. The largest absolute Gasteiger partial charge is 0.460 e. The van der Waals surface area contributed by atoms with Crippen LogP contribution in [0.1, 0.15) is 39.3 Å². The first-order valence-corrected chi connectivity index (χ1v) is 9.39. The van der Waals surface area contributed by atoms with Gasteiger partial charge >= 0.3 is 12.0 Å². The van der Waals surface area contributed by atoms with E-state index in [1.54, 1.807) is 6.92 Å². The van der Waals surface area contributed by atoms with Crippen molar-refractivity contribution in [1.29, 1.82) is 0 Å². The molecule has 2 amide bonds. The summed E-state index contributed by atoms with van der Waals surface area (Å²) in [5.74, 6) is -0.461. The molecule has 148 valence electrons. The lowest BCUT2D eigenvalue weighted by Gasteiger charge is -2.29. The number of benzene rings is 1. The number of urea groups is 1. The fraction of sp³-hybridized carbons (Fsp3) is 0.500. The summed E-state index contributed by atoms with van der Waals surface area (Å²) in [4.78, 5) is 26.8. The molecule has 0 saturated carbocycles. The number of carbonyl (C=O) groups is 2. The Hall–Kier alpha value is -2.54. The molecule has 1 heterocycles. The average molecular weight is 375 g/mol. The molecule has 0 aromatic heterocycles. The van der Waals surface area contributed by atoms with Crippen molar-refractivity contribution >= 4 is 17.7 Å². The lowest BCUT2D eigenvalue weighted by molar-refractivity contribution is -0.141. The summed E-state index contributed by atoms with van der Waals surface area (Å²) in [5, 5.41) is 5.47. The lowest BCUT2D eigenvalue weighted by Crippen LogP contribution is -2.45. The summed E-state index contributed by atoms with van der Waals surface area (Å²) in [7, 11) is 0. The minimum atomic E-state index is -0.552. The Kier molecular flexibility index (Phi) is 7.67. The molecule has 0 spiro atoms. The number of esters is 1. The quantitative estimate of drug-likeness (QED) is 0.512. The number of anilines is 1. The Morgan fingerprint density at radius 2 is 1.78 bits per heavy atom. The fourth-order valence-electron chi connectivity index (χ4n) is 3.10. The van der Waals surface area contributed by atoms with E-state index < -0.39 is 12.0 Å². The van der Waals surface area contributed by atoms with E-state index in [2.05, 4.69) is 29.4 Å². The van der Waals surface area contributed by atoms with Crippen molar-refractivity contribution in [2.24, 2.45) is 0 Å². The third kappa shape index (κ3) is 5.23. The molecule has 1 aliphatic rings. The van der Waals surface area contributed by atoms with Gasteiger partial charge in [0.15, 0.2) is 0 Å². The van der Waals surface area contributed by atoms with Crippen LogP contribution in [0.5, 0.6) is 0 Å². The normalized spacial score (nSPS) is 16.6. The summed E-state index contributed by atoms with van der Waals surface area (Å²) in [5.41, 5.74) is 2.84. The first kappa shape index (κ1) is 20.8. The highest BCUT2D eigenvalue weighted by Gasteiger charge is 2.32. The van der Waals surface area contributed by atoms with E-state index in [4.69, 9.17) is 9.47 Å². The second kappa shape index (κ2) is 9.97. The van der Waals surface area contributed by atoms with E-state index in [0.717, 1.165) is 24.3 Å². The zero-order valence-electron chi connectivity index (χ0n) is 16.5. The molecule has 2 N–H and O–H groups in total. The molecule has 1 aliphatic heterocycles. The van der Waals surface area contributed by atoms with Crippen LogP contribution >= 0.6 is 0 Å². The molecule has 0 fully saturated rings. The monoisotopic (exact) mass is 375 g/mol. The minimum Gasteiger partial charge on any atom is -0.460 e. The summed E-state index contributed by atoms with van der Waals surface area (Å²) in [6, 6.07) is 6.99. The number of hydrogen-bond acceptors (Lipinski definition) is 5. The van der Waals surface area contributed by atoms with Crippen molar-refractivity contribution in [3.63, 3.8) is 0 Å². The number of amides is 2. The van der Waals surface area contributed by atoms with Crippen LogP contribution < -0.4 is 15.5 Å². The molecule has 7 nitrogen and oxygen atoms in total. The highest BCUT2D eigenvalue weighted by molar-refractivity contribution is 5.95. The highest BCUT2D eigenvalue weighted by atomic mass is 16.6. The van der Waals surface area contributed by atoms with Gasteiger partial charge in [0, 0.05) is 31.1 Å². The van der Waals surface area contributed by atoms with E-state index in [9.17, 15) is 9.59 Å². The van der Waals surface area contributed by atoms with Gasteiger partial charge in [-0.2, -0.15) is 0 Å². The van der Waals surface area contributed by atoms with Crippen LogP contribution in [0.4, 0.5) is 10.5 Å². The molecular weight excluding hydrogens is 346 g/mol. The van der Waals surface area contributed by atoms with Crippen molar-refractivity contribution in [2.45, 2.75) is 33.7 Å². The number of rotatable bonds is 9. The van der Waals surface area contributed by atoms with Crippen LogP contribution in [0.25, 0.3) is 0 Å². The topological polar surface area (TPSA) is 79.9 Å². The van der Waals surface area contributed by atoms with Gasteiger partial charge in [-0.3, -0.25) is 0 Å². The third-order valence-electron chi connectivity index (χ3n) is 4.51. The van der Waals surface area contributed by atoms with Crippen molar-refractivity contribution in [3.8, 4) is 0 Å². The molecule has 0 bridgehead atoms. The second-order valence-corrected chi connectivity index (χ2v) is 6.17. The van der Waals surface area contributed by atoms with Gasteiger partial charge in [-0.1, -0.05) is 12.1 Å². The van der Waals surface area contributed by atoms with Gasteiger partial charge in [-0.15, -0.1) is 0 Å². The van der Waals surface area contributed by atoms with Crippen LogP contribution in [0.2, 0.25) is 0 Å². The van der Waals surface area contributed by atoms with Crippen LogP contribution in [-0.2, 0) is 14.3 Å². The summed E-state index contributed by atoms with van der Waals surface area (Å²) in [6.07, 6.45) is 0. The Morgan fingerprint density at radius 3 is 2.37 bits per heavy atom. The highest BCUT2D eigenvalue weighted by Crippen LogP contribution is 2.29. The van der Waals surface area contributed by atoms with E-state index in [1.165, 1.54) is 0 Å². The average Bonchev–Trinajstić information content (AvgIpc) is 2.66. The molecular formula is C20H29N3O4. The molecule has 0 aliphatic carbocycles. The van der Waals surface area contributed by atoms with Crippen molar-refractivity contribution in [2.75, 3.05) is 37.8 Å². The summed E-state index contributed by atoms with van der Waals surface area (Å²) >= 11 is 0. The number of allylic oxidation sites excluding steroid dienone is 1. The van der Waals surface area contributed by atoms with Crippen molar-refractivity contribution in [1.82, 2.24) is 10.6 Å². The lowest BCUT2D eigenvalue weighted by atomic mass is 9.95. The van der Waals surface area contributed by atoms with Crippen LogP contribution in [-0.4, -0.2) is 44.9 Å². The predicted octanol–water partition coefficient (Wildman–Crippen LogP) is 2.74. The molecule has 0 radical (unpaired) electrons. The maximum atomic E-state index is 12.6.